The van der Waals surface area contributed by atoms with Gasteiger partial charge in [-0.25, -0.2) is 0 Å². The van der Waals surface area contributed by atoms with Crippen LogP contribution in [-0.2, 0) is 16.1 Å². The van der Waals surface area contributed by atoms with E-state index in [1.54, 1.807) is 0 Å². The Labute approximate surface area is 106 Å². The van der Waals surface area contributed by atoms with Crippen LogP contribution in [0.15, 0.2) is 24.3 Å². The van der Waals surface area contributed by atoms with Gasteiger partial charge >= 0.3 is 0 Å². The van der Waals surface area contributed by atoms with Gasteiger partial charge in [-0.1, -0.05) is 12.1 Å². The maximum Gasteiger partial charge on any atom is 0.246 e. The van der Waals surface area contributed by atoms with E-state index >= 15 is 0 Å². The minimum absolute atomic E-state index is 0.0564. The molecular weight excluding hydrogens is 230 g/mol. The Bertz CT molecular complexity index is 459. The Morgan fingerprint density at radius 1 is 1.50 bits per heavy atom. The molecule has 1 aliphatic heterocycles. The molecule has 1 aromatic rings. The molecular formula is C13H17N3O2. The molecule has 3 N–H and O–H groups in total. The minimum Gasteiger partial charge on any atom is -0.344 e. The van der Waals surface area contributed by atoms with Gasteiger partial charge in [0.05, 0.1) is 0 Å². The van der Waals surface area contributed by atoms with Crippen molar-refractivity contribution in [3.8, 4) is 0 Å². The number of hydrogen-bond donors (Lipinski definition) is 3. The molecule has 0 aliphatic carbocycles. The van der Waals surface area contributed by atoms with Gasteiger partial charge < -0.3 is 16.0 Å². The number of nitrogens with one attached hydrogen (secondary N) is 3. The van der Waals surface area contributed by atoms with Crippen LogP contribution in [0.3, 0.4) is 0 Å². The van der Waals surface area contributed by atoms with Gasteiger partial charge in [0.15, 0.2) is 0 Å². The predicted octanol–water partition coefficient (Wildman–Crippen LogP) is 0.623. The number of benzene rings is 1. The molecule has 2 amide bonds. The number of rotatable bonds is 4. The van der Waals surface area contributed by atoms with Gasteiger partial charge in [-0.05, 0) is 31.2 Å². The largest absolute Gasteiger partial charge is 0.344 e. The molecule has 1 fully saturated rings. The van der Waals surface area contributed by atoms with Gasteiger partial charge in [-0.3, -0.25) is 9.59 Å². The standard InChI is InChI=1S/C13H17N3O2/c1-14-8-9-3-2-4-10(7-9)15-13(18)11-5-6-12(17)16-11/h2-4,7,11,14H,5-6,8H2,1H3,(H,15,18)(H,16,17)/t11-/m1/s1. The van der Waals surface area contributed by atoms with Crippen molar-refractivity contribution in [2.45, 2.75) is 25.4 Å². The van der Waals surface area contributed by atoms with Crippen molar-refractivity contribution in [1.29, 1.82) is 0 Å². The molecule has 0 unspecified atom stereocenters. The van der Waals surface area contributed by atoms with Crippen LogP contribution in [0, 0.1) is 0 Å². The highest BCUT2D eigenvalue weighted by Gasteiger charge is 2.26. The minimum atomic E-state index is -0.398. The highest BCUT2D eigenvalue weighted by Crippen LogP contribution is 2.13. The van der Waals surface area contributed by atoms with E-state index in [2.05, 4.69) is 16.0 Å². The van der Waals surface area contributed by atoms with E-state index in [1.165, 1.54) is 0 Å². The molecule has 96 valence electrons. The van der Waals surface area contributed by atoms with Crippen molar-refractivity contribution < 1.29 is 9.59 Å². The van der Waals surface area contributed by atoms with Crippen LogP contribution in [-0.4, -0.2) is 24.9 Å². The fraction of sp³-hybridized carbons (Fsp3) is 0.385. The van der Waals surface area contributed by atoms with Crippen molar-refractivity contribution in [3.05, 3.63) is 29.8 Å². The Morgan fingerprint density at radius 3 is 3.00 bits per heavy atom. The average Bonchev–Trinajstić information content (AvgIpc) is 2.77. The van der Waals surface area contributed by atoms with E-state index in [-0.39, 0.29) is 11.8 Å². The first-order valence-corrected chi connectivity index (χ1v) is 6.03. The number of carbonyl (C=O) groups excluding carboxylic acids is 2. The number of hydrogen-bond acceptors (Lipinski definition) is 3. The Balaban J connectivity index is 1.98. The maximum atomic E-state index is 11.9. The summed E-state index contributed by atoms with van der Waals surface area (Å²) in [5.74, 6) is -0.207. The first-order valence-electron chi connectivity index (χ1n) is 6.03. The van der Waals surface area contributed by atoms with Crippen LogP contribution in [0.1, 0.15) is 18.4 Å². The summed E-state index contributed by atoms with van der Waals surface area (Å²) >= 11 is 0. The summed E-state index contributed by atoms with van der Waals surface area (Å²) in [6, 6.07) is 7.25. The normalized spacial score (nSPS) is 18.5. The molecule has 0 aromatic heterocycles. The summed E-state index contributed by atoms with van der Waals surface area (Å²) < 4.78 is 0. The summed E-state index contributed by atoms with van der Waals surface area (Å²) in [6.45, 7) is 0.754. The van der Waals surface area contributed by atoms with Gasteiger partial charge in [0.2, 0.25) is 11.8 Å². The Morgan fingerprint density at radius 2 is 2.33 bits per heavy atom. The van der Waals surface area contributed by atoms with Crippen molar-refractivity contribution in [2.24, 2.45) is 0 Å². The fourth-order valence-electron chi connectivity index (χ4n) is 2.00. The third-order valence-corrected chi connectivity index (χ3v) is 2.89. The van der Waals surface area contributed by atoms with Crippen LogP contribution in [0.2, 0.25) is 0 Å². The molecule has 0 bridgehead atoms. The lowest BCUT2D eigenvalue weighted by molar-refractivity contribution is -0.122. The van der Waals surface area contributed by atoms with Crippen molar-refractivity contribution in [1.82, 2.24) is 10.6 Å². The van der Waals surface area contributed by atoms with E-state index < -0.39 is 6.04 Å². The smallest absolute Gasteiger partial charge is 0.246 e. The summed E-state index contributed by atoms with van der Waals surface area (Å²) in [4.78, 5) is 22.9. The SMILES string of the molecule is CNCc1cccc(NC(=O)[C@H]2CCC(=O)N2)c1. The molecule has 1 saturated heterocycles. The van der Waals surface area contributed by atoms with Crippen molar-refractivity contribution >= 4 is 17.5 Å². The zero-order valence-corrected chi connectivity index (χ0v) is 10.3. The van der Waals surface area contributed by atoms with Gasteiger partial charge in [-0.15, -0.1) is 0 Å². The molecule has 1 aromatic carbocycles. The summed E-state index contributed by atoms with van der Waals surface area (Å²) in [7, 11) is 1.87. The quantitative estimate of drug-likeness (QED) is 0.730. The number of amides is 2. The zero-order valence-electron chi connectivity index (χ0n) is 10.3. The average molecular weight is 247 g/mol. The third kappa shape index (κ3) is 3.07. The highest BCUT2D eigenvalue weighted by atomic mass is 16.2. The molecule has 1 heterocycles. The van der Waals surface area contributed by atoms with Gasteiger partial charge in [0.25, 0.3) is 0 Å². The van der Waals surface area contributed by atoms with Crippen molar-refractivity contribution in [3.63, 3.8) is 0 Å². The summed E-state index contributed by atoms with van der Waals surface area (Å²) in [6.07, 6.45) is 0.999. The van der Waals surface area contributed by atoms with Gasteiger partial charge in [0, 0.05) is 18.7 Å². The van der Waals surface area contributed by atoms with Crippen molar-refractivity contribution in [2.75, 3.05) is 12.4 Å². The third-order valence-electron chi connectivity index (χ3n) is 2.89. The van der Waals surface area contributed by atoms with Gasteiger partial charge in [0.1, 0.15) is 6.04 Å². The van der Waals surface area contributed by atoms with Crippen LogP contribution < -0.4 is 16.0 Å². The molecule has 2 rings (SSSR count). The molecule has 0 spiro atoms. The first kappa shape index (κ1) is 12.6. The van der Waals surface area contributed by atoms with Crippen LogP contribution in [0.4, 0.5) is 5.69 Å². The predicted molar refractivity (Wildman–Crippen MR) is 69.0 cm³/mol. The van der Waals surface area contributed by atoms with E-state index in [1.807, 2.05) is 31.3 Å². The monoisotopic (exact) mass is 247 g/mol. The molecule has 5 nitrogen and oxygen atoms in total. The second-order valence-corrected chi connectivity index (χ2v) is 4.38. The summed E-state index contributed by atoms with van der Waals surface area (Å²) in [5, 5.41) is 8.53. The molecule has 18 heavy (non-hydrogen) atoms. The van der Waals surface area contributed by atoms with Crippen LogP contribution >= 0.6 is 0 Å². The Kier molecular flexibility index (Phi) is 3.94. The lowest BCUT2D eigenvalue weighted by Gasteiger charge is -2.11. The maximum absolute atomic E-state index is 11.9. The summed E-state index contributed by atoms with van der Waals surface area (Å²) in [5.41, 5.74) is 1.86. The van der Waals surface area contributed by atoms with Crippen LogP contribution in [0.25, 0.3) is 0 Å². The van der Waals surface area contributed by atoms with E-state index in [9.17, 15) is 9.59 Å². The van der Waals surface area contributed by atoms with Gasteiger partial charge in [-0.2, -0.15) is 0 Å². The lowest BCUT2D eigenvalue weighted by Crippen LogP contribution is -2.37. The lowest BCUT2D eigenvalue weighted by atomic mass is 10.1. The molecule has 1 aliphatic rings. The second kappa shape index (κ2) is 5.64. The molecule has 0 saturated carbocycles. The first-order chi connectivity index (χ1) is 8.69. The zero-order chi connectivity index (χ0) is 13.0. The van der Waals surface area contributed by atoms with E-state index in [0.29, 0.717) is 12.8 Å². The molecule has 0 radical (unpaired) electrons. The molecule has 5 heteroatoms. The van der Waals surface area contributed by atoms with E-state index in [4.69, 9.17) is 0 Å². The van der Waals surface area contributed by atoms with Crippen LogP contribution in [0.5, 0.6) is 0 Å². The molecule has 1 atom stereocenters. The number of carbonyl (C=O) groups is 2. The fourth-order valence-corrected chi connectivity index (χ4v) is 2.00. The highest BCUT2D eigenvalue weighted by molar-refractivity contribution is 5.98. The van der Waals surface area contributed by atoms with E-state index in [0.717, 1.165) is 17.8 Å². The second-order valence-electron chi connectivity index (χ2n) is 4.38. The topological polar surface area (TPSA) is 70.2 Å². The number of anilines is 1. The Hall–Kier alpha value is -1.88.